The quantitative estimate of drug-likeness (QED) is 0.434. The highest BCUT2D eigenvalue weighted by atomic mass is 16.5. The zero-order valence-corrected chi connectivity index (χ0v) is 17.9. The Hall–Kier alpha value is -3.60. The summed E-state index contributed by atoms with van der Waals surface area (Å²) in [6.07, 6.45) is 0. The third-order valence-corrected chi connectivity index (χ3v) is 5.31. The van der Waals surface area contributed by atoms with Gasteiger partial charge in [-0.3, -0.25) is 4.79 Å². The van der Waals surface area contributed by atoms with Gasteiger partial charge < -0.3 is 14.6 Å². The Labute approximate surface area is 182 Å². The van der Waals surface area contributed by atoms with Crippen LogP contribution in [0, 0.1) is 0 Å². The summed E-state index contributed by atoms with van der Waals surface area (Å²) in [5.74, 6) is 2.05. The van der Waals surface area contributed by atoms with Crippen LogP contribution in [0.5, 0.6) is 5.75 Å². The molecule has 31 heavy (non-hydrogen) atoms. The molecule has 1 aromatic heterocycles. The lowest BCUT2D eigenvalue weighted by atomic mass is 10.0. The number of para-hydroxylation sites is 2. The summed E-state index contributed by atoms with van der Waals surface area (Å²) in [5, 5.41) is 2.98. The van der Waals surface area contributed by atoms with Gasteiger partial charge in [-0.2, -0.15) is 0 Å². The van der Waals surface area contributed by atoms with Crippen LogP contribution in [0.4, 0.5) is 0 Å². The Bertz CT molecular complexity index is 1150. The topological polar surface area (TPSA) is 56.1 Å². The van der Waals surface area contributed by atoms with Gasteiger partial charge in [0.2, 0.25) is 0 Å². The van der Waals surface area contributed by atoms with E-state index in [1.165, 1.54) is 5.56 Å². The molecule has 0 saturated carbocycles. The minimum Gasteiger partial charge on any atom is -0.492 e. The van der Waals surface area contributed by atoms with E-state index in [0.29, 0.717) is 31.2 Å². The van der Waals surface area contributed by atoms with E-state index in [9.17, 15) is 4.79 Å². The number of benzene rings is 3. The van der Waals surface area contributed by atoms with Crippen LogP contribution in [0.2, 0.25) is 0 Å². The summed E-state index contributed by atoms with van der Waals surface area (Å²) in [7, 11) is 0. The number of hydrogen-bond donors (Lipinski definition) is 1. The first-order chi connectivity index (χ1) is 15.1. The maximum absolute atomic E-state index is 12.4. The van der Waals surface area contributed by atoms with E-state index < -0.39 is 0 Å². The number of amides is 1. The second kappa shape index (κ2) is 9.47. The van der Waals surface area contributed by atoms with E-state index in [4.69, 9.17) is 9.72 Å². The fourth-order valence-electron chi connectivity index (χ4n) is 3.56. The molecular formula is C26H27N3O2. The van der Waals surface area contributed by atoms with Crippen LogP contribution < -0.4 is 10.1 Å². The third-order valence-electron chi connectivity index (χ3n) is 5.31. The van der Waals surface area contributed by atoms with Gasteiger partial charge in [-0.1, -0.05) is 56.3 Å². The first kappa shape index (κ1) is 20.7. The van der Waals surface area contributed by atoms with Crippen molar-refractivity contribution in [2.24, 2.45) is 0 Å². The summed E-state index contributed by atoms with van der Waals surface area (Å²) in [5.41, 5.74) is 3.88. The van der Waals surface area contributed by atoms with Gasteiger partial charge in [0.15, 0.2) is 0 Å². The minimum absolute atomic E-state index is 0.110. The van der Waals surface area contributed by atoms with Crippen molar-refractivity contribution >= 4 is 16.9 Å². The number of ether oxygens (including phenoxy) is 1. The molecule has 0 aliphatic carbocycles. The lowest BCUT2D eigenvalue weighted by molar-refractivity contribution is 0.0949. The molecule has 3 aromatic carbocycles. The number of hydrogen-bond acceptors (Lipinski definition) is 3. The van der Waals surface area contributed by atoms with E-state index in [1.54, 1.807) is 12.1 Å². The summed E-state index contributed by atoms with van der Waals surface area (Å²) in [6, 6.07) is 25.5. The van der Waals surface area contributed by atoms with Crippen LogP contribution in [-0.2, 0) is 13.1 Å². The van der Waals surface area contributed by atoms with Crippen LogP contribution in [0.3, 0.4) is 0 Å². The maximum Gasteiger partial charge on any atom is 0.251 e. The molecule has 0 unspecified atom stereocenters. The highest BCUT2D eigenvalue weighted by Gasteiger charge is 2.12. The Morgan fingerprint density at radius 3 is 2.42 bits per heavy atom. The number of carbonyl (C=O) groups is 1. The first-order valence-electron chi connectivity index (χ1n) is 10.6. The van der Waals surface area contributed by atoms with E-state index >= 15 is 0 Å². The molecule has 0 radical (unpaired) electrons. The molecule has 1 heterocycles. The highest BCUT2D eigenvalue weighted by molar-refractivity contribution is 5.94. The van der Waals surface area contributed by atoms with Gasteiger partial charge in [0.1, 0.15) is 18.2 Å². The SMILES string of the molecule is CC(C)c1ccc(OCCn2c(CNC(=O)c3ccccc3)nc3ccccc32)cc1. The molecule has 0 fully saturated rings. The molecule has 1 N–H and O–H groups in total. The number of nitrogens with one attached hydrogen (secondary N) is 1. The Morgan fingerprint density at radius 1 is 0.968 bits per heavy atom. The van der Waals surface area contributed by atoms with Crippen molar-refractivity contribution in [3.63, 3.8) is 0 Å². The second-order valence-electron chi connectivity index (χ2n) is 7.79. The second-order valence-corrected chi connectivity index (χ2v) is 7.79. The van der Waals surface area contributed by atoms with Crippen molar-refractivity contribution in [2.75, 3.05) is 6.61 Å². The summed E-state index contributed by atoms with van der Waals surface area (Å²) in [4.78, 5) is 17.2. The van der Waals surface area contributed by atoms with E-state index in [0.717, 1.165) is 22.6 Å². The molecule has 5 heteroatoms. The summed E-state index contributed by atoms with van der Waals surface area (Å²) < 4.78 is 8.09. The summed E-state index contributed by atoms with van der Waals surface area (Å²) >= 11 is 0. The molecule has 1 amide bonds. The van der Waals surface area contributed by atoms with E-state index in [-0.39, 0.29) is 5.91 Å². The molecular weight excluding hydrogens is 386 g/mol. The largest absolute Gasteiger partial charge is 0.492 e. The van der Waals surface area contributed by atoms with Gasteiger partial charge in [0.25, 0.3) is 5.91 Å². The van der Waals surface area contributed by atoms with Gasteiger partial charge in [-0.15, -0.1) is 0 Å². The van der Waals surface area contributed by atoms with Crippen molar-refractivity contribution in [1.29, 1.82) is 0 Å². The van der Waals surface area contributed by atoms with Crippen LogP contribution in [0.1, 0.15) is 41.5 Å². The molecule has 5 nitrogen and oxygen atoms in total. The van der Waals surface area contributed by atoms with Crippen molar-refractivity contribution < 1.29 is 9.53 Å². The van der Waals surface area contributed by atoms with Crippen LogP contribution >= 0.6 is 0 Å². The number of carbonyl (C=O) groups excluding carboxylic acids is 1. The van der Waals surface area contributed by atoms with Crippen LogP contribution in [-0.4, -0.2) is 22.1 Å². The normalized spacial score (nSPS) is 11.1. The average Bonchev–Trinajstić information content (AvgIpc) is 3.16. The van der Waals surface area contributed by atoms with Crippen molar-refractivity contribution in [3.8, 4) is 5.75 Å². The molecule has 4 rings (SSSR count). The Balaban J connectivity index is 1.45. The van der Waals surface area contributed by atoms with Gasteiger partial charge in [-0.25, -0.2) is 4.98 Å². The van der Waals surface area contributed by atoms with E-state index in [2.05, 4.69) is 35.9 Å². The number of rotatable bonds is 8. The fraction of sp³-hybridized carbons (Fsp3) is 0.231. The lowest BCUT2D eigenvalue weighted by Crippen LogP contribution is -2.25. The van der Waals surface area contributed by atoms with Crippen molar-refractivity contribution in [3.05, 3.63) is 95.8 Å². The smallest absolute Gasteiger partial charge is 0.251 e. The molecule has 0 aliphatic rings. The predicted octanol–water partition coefficient (Wildman–Crippen LogP) is 5.17. The number of imidazole rings is 1. The van der Waals surface area contributed by atoms with Gasteiger partial charge >= 0.3 is 0 Å². The minimum atomic E-state index is -0.110. The number of nitrogens with zero attached hydrogens (tertiary/aromatic N) is 2. The first-order valence-corrected chi connectivity index (χ1v) is 10.6. The van der Waals surface area contributed by atoms with Crippen molar-refractivity contribution in [2.45, 2.75) is 32.9 Å². The van der Waals surface area contributed by atoms with Crippen LogP contribution in [0.15, 0.2) is 78.9 Å². The number of fused-ring (bicyclic) bond motifs is 1. The molecule has 158 valence electrons. The third kappa shape index (κ3) is 4.94. The zero-order chi connectivity index (χ0) is 21.6. The van der Waals surface area contributed by atoms with Gasteiger partial charge in [-0.05, 0) is 47.9 Å². The molecule has 0 bridgehead atoms. The molecule has 0 saturated heterocycles. The van der Waals surface area contributed by atoms with Gasteiger partial charge in [0.05, 0.1) is 24.1 Å². The monoisotopic (exact) mass is 413 g/mol. The predicted molar refractivity (Wildman–Crippen MR) is 123 cm³/mol. The van der Waals surface area contributed by atoms with E-state index in [1.807, 2.05) is 54.6 Å². The van der Waals surface area contributed by atoms with Crippen molar-refractivity contribution in [1.82, 2.24) is 14.9 Å². The average molecular weight is 414 g/mol. The highest BCUT2D eigenvalue weighted by Crippen LogP contribution is 2.20. The number of aromatic nitrogens is 2. The zero-order valence-electron chi connectivity index (χ0n) is 17.9. The summed E-state index contributed by atoms with van der Waals surface area (Å²) in [6.45, 7) is 5.87. The fourth-order valence-corrected chi connectivity index (χ4v) is 3.56. The van der Waals surface area contributed by atoms with Gasteiger partial charge in [0, 0.05) is 5.56 Å². The Morgan fingerprint density at radius 2 is 1.68 bits per heavy atom. The molecule has 0 spiro atoms. The Kier molecular flexibility index (Phi) is 6.32. The lowest BCUT2D eigenvalue weighted by Gasteiger charge is -2.12. The molecule has 0 aliphatic heterocycles. The standard InChI is InChI=1S/C26H27N3O2/c1-19(2)20-12-14-22(15-13-20)31-17-16-29-24-11-7-6-10-23(24)28-25(29)18-27-26(30)21-8-4-3-5-9-21/h3-15,19H,16-18H2,1-2H3,(H,27,30). The maximum atomic E-state index is 12.4. The molecule has 0 atom stereocenters. The van der Waals surface area contributed by atoms with Crippen LogP contribution in [0.25, 0.3) is 11.0 Å². The molecule has 4 aromatic rings.